The van der Waals surface area contributed by atoms with E-state index in [2.05, 4.69) is 33.0 Å². The molecule has 1 amide bonds. The molecule has 7 heteroatoms. The molecule has 1 N–H and O–H groups in total. The first-order valence-electron chi connectivity index (χ1n) is 9.29. The summed E-state index contributed by atoms with van der Waals surface area (Å²) in [7, 11) is 1.61. The molecular weight excluding hydrogens is 481 g/mol. The second-order valence-corrected chi connectivity index (χ2v) is 7.76. The van der Waals surface area contributed by atoms with Crippen LogP contribution in [0, 0.1) is 3.57 Å². The molecule has 0 atom stereocenters. The number of methoxy groups -OCH3 is 1. The zero-order valence-electron chi connectivity index (χ0n) is 16.1. The Hall–Kier alpha value is -2.68. The van der Waals surface area contributed by atoms with Crippen molar-refractivity contribution in [3.05, 3.63) is 80.2 Å². The van der Waals surface area contributed by atoms with Gasteiger partial charge >= 0.3 is 0 Å². The van der Waals surface area contributed by atoms with Gasteiger partial charge in [0.05, 0.1) is 12.8 Å². The number of carbonyl (C=O) groups is 1. The molecular formula is C22H22IN3O3. The van der Waals surface area contributed by atoms with Gasteiger partial charge in [0.25, 0.3) is 5.56 Å². The van der Waals surface area contributed by atoms with Gasteiger partial charge in [-0.3, -0.25) is 9.59 Å². The highest BCUT2D eigenvalue weighted by Gasteiger charge is 2.07. The van der Waals surface area contributed by atoms with E-state index in [1.807, 2.05) is 48.5 Å². The maximum absolute atomic E-state index is 12.1. The van der Waals surface area contributed by atoms with Crippen LogP contribution in [-0.2, 0) is 17.9 Å². The molecule has 0 fully saturated rings. The molecule has 0 radical (unpaired) electrons. The maximum atomic E-state index is 12.1. The minimum atomic E-state index is -0.184. The first-order valence-corrected chi connectivity index (χ1v) is 10.4. The predicted molar refractivity (Wildman–Crippen MR) is 121 cm³/mol. The lowest BCUT2D eigenvalue weighted by Gasteiger charge is -2.09. The summed E-state index contributed by atoms with van der Waals surface area (Å²) in [6.45, 7) is 0.882. The standard InChI is InChI=1S/C22H22IN3O3/c1-29-19-5-2-4-17(14-19)20-11-12-22(28)26(25-20)13-3-6-21(27)24-15-16-7-9-18(23)10-8-16/h2,4-5,7-12,14H,3,6,13,15H2,1H3,(H,24,27). The molecule has 3 rings (SSSR count). The first-order chi connectivity index (χ1) is 14.0. The van der Waals surface area contributed by atoms with Crippen LogP contribution in [0.25, 0.3) is 11.3 Å². The third kappa shape index (κ3) is 6.15. The number of nitrogens with one attached hydrogen (secondary N) is 1. The van der Waals surface area contributed by atoms with E-state index in [-0.39, 0.29) is 11.5 Å². The number of carbonyl (C=O) groups excluding carboxylic acids is 1. The summed E-state index contributed by atoms with van der Waals surface area (Å²) >= 11 is 2.25. The smallest absolute Gasteiger partial charge is 0.266 e. The second kappa shape index (κ2) is 10.2. The Balaban J connectivity index is 1.55. The van der Waals surface area contributed by atoms with E-state index in [1.165, 1.54) is 10.7 Å². The van der Waals surface area contributed by atoms with Crippen LogP contribution < -0.4 is 15.6 Å². The summed E-state index contributed by atoms with van der Waals surface area (Å²) in [4.78, 5) is 24.2. The summed E-state index contributed by atoms with van der Waals surface area (Å²) < 4.78 is 7.80. The molecule has 0 bridgehead atoms. The number of hydrogen-bond acceptors (Lipinski definition) is 4. The van der Waals surface area contributed by atoms with Crippen molar-refractivity contribution in [3.63, 3.8) is 0 Å². The molecule has 2 aromatic carbocycles. The van der Waals surface area contributed by atoms with Crippen LogP contribution in [0.15, 0.2) is 65.5 Å². The van der Waals surface area contributed by atoms with Gasteiger partial charge in [0.15, 0.2) is 0 Å². The average Bonchev–Trinajstić information content (AvgIpc) is 2.74. The molecule has 0 aliphatic rings. The largest absolute Gasteiger partial charge is 0.497 e. The number of hydrogen-bond donors (Lipinski definition) is 1. The van der Waals surface area contributed by atoms with Crippen molar-refractivity contribution in [1.29, 1.82) is 0 Å². The van der Waals surface area contributed by atoms with Crippen molar-refractivity contribution in [2.75, 3.05) is 7.11 Å². The number of ether oxygens (including phenoxy) is 1. The fraction of sp³-hybridized carbons (Fsp3) is 0.227. The van der Waals surface area contributed by atoms with Crippen LogP contribution in [0.4, 0.5) is 0 Å². The minimum Gasteiger partial charge on any atom is -0.497 e. The molecule has 0 aliphatic carbocycles. The Morgan fingerprint density at radius 2 is 1.93 bits per heavy atom. The molecule has 150 valence electrons. The Bertz CT molecular complexity index is 1030. The molecule has 0 unspecified atom stereocenters. The quantitative estimate of drug-likeness (QED) is 0.477. The lowest BCUT2D eigenvalue weighted by atomic mass is 10.1. The second-order valence-electron chi connectivity index (χ2n) is 6.52. The van der Waals surface area contributed by atoms with E-state index in [0.717, 1.165) is 20.4 Å². The summed E-state index contributed by atoms with van der Waals surface area (Å²) in [5.74, 6) is 0.687. The van der Waals surface area contributed by atoms with E-state index in [0.29, 0.717) is 31.6 Å². The summed E-state index contributed by atoms with van der Waals surface area (Å²) in [5.41, 5.74) is 2.43. The number of nitrogens with zero attached hydrogens (tertiary/aromatic N) is 2. The lowest BCUT2D eigenvalue weighted by Crippen LogP contribution is -2.25. The molecule has 0 saturated carbocycles. The van der Waals surface area contributed by atoms with Crippen molar-refractivity contribution in [1.82, 2.24) is 15.1 Å². The number of halogens is 1. The zero-order chi connectivity index (χ0) is 20.6. The fourth-order valence-corrected chi connectivity index (χ4v) is 3.19. The Labute approximate surface area is 183 Å². The van der Waals surface area contributed by atoms with Crippen LogP contribution in [-0.4, -0.2) is 22.8 Å². The van der Waals surface area contributed by atoms with Gasteiger partial charge in [-0.2, -0.15) is 5.10 Å². The van der Waals surface area contributed by atoms with E-state index in [1.54, 1.807) is 13.2 Å². The third-order valence-corrected chi connectivity index (χ3v) is 5.13. The summed E-state index contributed by atoms with van der Waals surface area (Å²) in [6, 6.07) is 18.7. The molecule has 1 aromatic heterocycles. The average molecular weight is 503 g/mol. The third-order valence-electron chi connectivity index (χ3n) is 4.41. The van der Waals surface area contributed by atoms with Gasteiger partial charge in [-0.05, 0) is 64.9 Å². The fourth-order valence-electron chi connectivity index (χ4n) is 2.83. The number of aromatic nitrogens is 2. The van der Waals surface area contributed by atoms with Crippen molar-refractivity contribution in [2.24, 2.45) is 0 Å². The van der Waals surface area contributed by atoms with Crippen LogP contribution in [0.5, 0.6) is 5.75 Å². The Kier molecular flexibility index (Phi) is 7.40. The molecule has 0 spiro atoms. The van der Waals surface area contributed by atoms with Gasteiger partial charge in [-0.1, -0.05) is 24.3 Å². The molecule has 1 heterocycles. The van der Waals surface area contributed by atoms with Crippen molar-refractivity contribution >= 4 is 28.5 Å². The van der Waals surface area contributed by atoms with Crippen LogP contribution in [0.3, 0.4) is 0 Å². The normalized spacial score (nSPS) is 10.6. The SMILES string of the molecule is COc1cccc(-c2ccc(=O)n(CCCC(=O)NCc3ccc(I)cc3)n2)c1. The number of aryl methyl sites for hydroxylation is 1. The van der Waals surface area contributed by atoms with Gasteiger partial charge in [0.1, 0.15) is 5.75 Å². The van der Waals surface area contributed by atoms with Crippen molar-refractivity contribution in [3.8, 4) is 17.0 Å². The highest BCUT2D eigenvalue weighted by atomic mass is 127. The minimum absolute atomic E-state index is 0.0412. The highest BCUT2D eigenvalue weighted by molar-refractivity contribution is 14.1. The van der Waals surface area contributed by atoms with Crippen LogP contribution >= 0.6 is 22.6 Å². The van der Waals surface area contributed by atoms with E-state index >= 15 is 0 Å². The monoisotopic (exact) mass is 503 g/mol. The van der Waals surface area contributed by atoms with Crippen LogP contribution in [0.1, 0.15) is 18.4 Å². The number of rotatable bonds is 8. The zero-order valence-corrected chi connectivity index (χ0v) is 18.3. The van der Waals surface area contributed by atoms with Gasteiger partial charge < -0.3 is 10.1 Å². The number of amides is 1. The van der Waals surface area contributed by atoms with Gasteiger partial charge in [-0.25, -0.2) is 4.68 Å². The van der Waals surface area contributed by atoms with Crippen molar-refractivity contribution in [2.45, 2.75) is 25.9 Å². The summed E-state index contributed by atoms with van der Waals surface area (Å²) in [6.07, 6.45) is 0.870. The van der Waals surface area contributed by atoms with Crippen LogP contribution in [0.2, 0.25) is 0 Å². The van der Waals surface area contributed by atoms with Gasteiger partial charge in [0, 0.05) is 34.7 Å². The van der Waals surface area contributed by atoms with Crippen molar-refractivity contribution < 1.29 is 9.53 Å². The van der Waals surface area contributed by atoms with E-state index in [9.17, 15) is 9.59 Å². The maximum Gasteiger partial charge on any atom is 0.266 e. The molecule has 0 aliphatic heterocycles. The molecule has 6 nitrogen and oxygen atoms in total. The summed E-state index contributed by atoms with van der Waals surface area (Å²) in [5, 5.41) is 7.34. The molecule has 0 saturated heterocycles. The highest BCUT2D eigenvalue weighted by Crippen LogP contribution is 2.21. The molecule has 29 heavy (non-hydrogen) atoms. The lowest BCUT2D eigenvalue weighted by molar-refractivity contribution is -0.121. The number of benzene rings is 2. The Morgan fingerprint density at radius 3 is 2.69 bits per heavy atom. The first kappa shape index (κ1) is 21.0. The van der Waals surface area contributed by atoms with Gasteiger partial charge in [0.2, 0.25) is 5.91 Å². The van der Waals surface area contributed by atoms with E-state index < -0.39 is 0 Å². The predicted octanol–water partition coefficient (Wildman–Crippen LogP) is 3.62. The topological polar surface area (TPSA) is 73.2 Å². The van der Waals surface area contributed by atoms with E-state index in [4.69, 9.17) is 4.74 Å². The Morgan fingerprint density at radius 1 is 1.14 bits per heavy atom. The van der Waals surface area contributed by atoms with Gasteiger partial charge in [-0.15, -0.1) is 0 Å². The molecule has 3 aromatic rings.